The minimum Gasteiger partial charge on any atom is -0.480 e. The minimum absolute atomic E-state index is 0. The highest BCUT2D eigenvalue weighted by atomic mass is 35.5. The first-order valence-electron chi connectivity index (χ1n) is 5.76. The molecule has 1 aliphatic carbocycles. The zero-order chi connectivity index (χ0) is 9.97. The Kier molecular flexibility index (Phi) is 4.87. The molecule has 0 spiro atoms. The van der Waals surface area contributed by atoms with E-state index in [0.29, 0.717) is 5.92 Å². The number of aliphatic carboxylic acids is 1. The van der Waals surface area contributed by atoms with Crippen LogP contribution in [0.4, 0.5) is 0 Å². The molecule has 2 aliphatic rings. The zero-order valence-corrected chi connectivity index (χ0v) is 9.84. The van der Waals surface area contributed by atoms with E-state index in [2.05, 4.69) is 4.90 Å². The Morgan fingerprint density at radius 3 is 2.13 bits per heavy atom. The van der Waals surface area contributed by atoms with E-state index >= 15 is 0 Å². The lowest BCUT2D eigenvalue weighted by molar-refractivity contribution is -0.145. The number of hydrogen-bond acceptors (Lipinski definition) is 2. The summed E-state index contributed by atoms with van der Waals surface area (Å²) in [5, 5.41) is 9.25. The molecule has 3 nitrogen and oxygen atoms in total. The average Bonchev–Trinajstić information content (AvgIpc) is 2.75. The highest BCUT2D eigenvalue weighted by molar-refractivity contribution is 5.85. The van der Waals surface area contributed by atoms with Crippen molar-refractivity contribution in [2.45, 2.75) is 44.6 Å². The van der Waals surface area contributed by atoms with Gasteiger partial charge in [-0.2, -0.15) is 0 Å². The smallest absolute Gasteiger partial charge is 0.321 e. The summed E-state index contributed by atoms with van der Waals surface area (Å²) < 4.78 is 0. The third-order valence-electron chi connectivity index (χ3n) is 3.63. The average molecular weight is 234 g/mol. The molecule has 2 rings (SSSR count). The highest BCUT2D eigenvalue weighted by Gasteiger charge is 2.36. The van der Waals surface area contributed by atoms with Crippen LogP contribution in [0.5, 0.6) is 0 Å². The number of likely N-dealkylation sites (tertiary alicyclic amines) is 1. The van der Waals surface area contributed by atoms with Gasteiger partial charge in [0.2, 0.25) is 0 Å². The molecule has 1 unspecified atom stereocenters. The van der Waals surface area contributed by atoms with Crippen LogP contribution in [0, 0.1) is 5.92 Å². The van der Waals surface area contributed by atoms with Gasteiger partial charge in [-0.05, 0) is 44.7 Å². The van der Waals surface area contributed by atoms with E-state index in [0.717, 1.165) is 25.9 Å². The van der Waals surface area contributed by atoms with E-state index in [-0.39, 0.29) is 18.4 Å². The molecule has 0 bridgehead atoms. The molecule has 1 saturated carbocycles. The molecule has 1 N–H and O–H groups in total. The Morgan fingerprint density at radius 2 is 1.67 bits per heavy atom. The number of rotatable bonds is 3. The molecule has 88 valence electrons. The van der Waals surface area contributed by atoms with E-state index in [9.17, 15) is 9.90 Å². The Bertz CT molecular complexity index is 195. The number of nitrogens with zero attached hydrogens (tertiary/aromatic N) is 1. The van der Waals surface area contributed by atoms with Crippen molar-refractivity contribution in [3.63, 3.8) is 0 Å². The predicted molar refractivity (Wildman–Crippen MR) is 61.4 cm³/mol. The maximum Gasteiger partial charge on any atom is 0.321 e. The molecular formula is C11H20ClNO2. The summed E-state index contributed by atoms with van der Waals surface area (Å²) in [6.07, 6.45) is 7.04. The molecule has 2 fully saturated rings. The van der Waals surface area contributed by atoms with Gasteiger partial charge < -0.3 is 5.11 Å². The van der Waals surface area contributed by atoms with Gasteiger partial charge in [0.25, 0.3) is 0 Å². The van der Waals surface area contributed by atoms with Crippen LogP contribution in [0.15, 0.2) is 0 Å². The van der Waals surface area contributed by atoms with E-state index in [4.69, 9.17) is 0 Å². The number of carbonyl (C=O) groups is 1. The number of carboxylic acids is 1. The van der Waals surface area contributed by atoms with Gasteiger partial charge in [0.05, 0.1) is 0 Å². The van der Waals surface area contributed by atoms with Crippen molar-refractivity contribution in [2.75, 3.05) is 13.1 Å². The van der Waals surface area contributed by atoms with Crippen LogP contribution in [0.25, 0.3) is 0 Å². The quantitative estimate of drug-likeness (QED) is 0.812. The van der Waals surface area contributed by atoms with Gasteiger partial charge in [0.15, 0.2) is 0 Å². The Balaban J connectivity index is 0.00000112. The van der Waals surface area contributed by atoms with Crippen LogP contribution in [-0.4, -0.2) is 35.1 Å². The van der Waals surface area contributed by atoms with Crippen LogP contribution in [0.2, 0.25) is 0 Å². The van der Waals surface area contributed by atoms with E-state index in [1.807, 2.05) is 0 Å². The van der Waals surface area contributed by atoms with Gasteiger partial charge in [0.1, 0.15) is 6.04 Å². The van der Waals surface area contributed by atoms with Crippen molar-refractivity contribution in [3.8, 4) is 0 Å². The first kappa shape index (κ1) is 12.8. The van der Waals surface area contributed by atoms with Crippen LogP contribution in [0.1, 0.15) is 38.5 Å². The molecule has 1 saturated heterocycles. The second kappa shape index (κ2) is 5.71. The molecule has 1 aliphatic heterocycles. The summed E-state index contributed by atoms with van der Waals surface area (Å²) in [5.74, 6) is -0.176. The fraction of sp³-hybridized carbons (Fsp3) is 0.909. The van der Waals surface area contributed by atoms with Crippen LogP contribution in [-0.2, 0) is 4.79 Å². The summed E-state index contributed by atoms with van der Waals surface area (Å²) in [6.45, 7) is 1.99. The molecule has 4 heteroatoms. The van der Waals surface area contributed by atoms with Crippen molar-refractivity contribution in [2.24, 2.45) is 5.92 Å². The van der Waals surface area contributed by atoms with E-state index in [1.165, 1.54) is 25.7 Å². The SMILES string of the molecule is Cl.O=C(O)C(C1CCCC1)N1CCCC1. The van der Waals surface area contributed by atoms with Crippen molar-refractivity contribution < 1.29 is 9.90 Å². The predicted octanol–water partition coefficient (Wildman–Crippen LogP) is 2.15. The highest BCUT2D eigenvalue weighted by Crippen LogP contribution is 2.31. The van der Waals surface area contributed by atoms with Crippen molar-refractivity contribution >= 4 is 18.4 Å². The summed E-state index contributed by atoms with van der Waals surface area (Å²) >= 11 is 0. The largest absolute Gasteiger partial charge is 0.480 e. The Hall–Kier alpha value is -0.280. The van der Waals surface area contributed by atoms with Crippen LogP contribution >= 0.6 is 12.4 Å². The third-order valence-corrected chi connectivity index (χ3v) is 3.63. The Labute approximate surface area is 97.2 Å². The zero-order valence-electron chi connectivity index (χ0n) is 9.02. The molecular weight excluding hydrogens is 214 g/mol. The monoisotopic (exact) mass is 233 g/mol. The molecule has 0 aromatic carbocycles. The first-order chi connectivity index (χ1) is 6.79. The molecule has 0 amide bonds. The van der Waals surface area contributed by atoms with Gasteiger partial charge in [-0.15, -0.1) is 12.4 Å². The van der Waals surface area contributed by atoms with Gasteiger partial charge in [-0.25, -0.2) is 0 Å². The van der Waals surface area contributed by atoms with Gasteiger partial charge in [-0.1, -0.05) is 12.8 Å². The van der Waals surface area contributed by atoms with E-state index < -0.39 is 5.97 Å². The minimum atomic E-state index is -0.598. The number of carboxylic acid groups (broad SMARTS) is 1. The standard InChI is InChI=1S/C11H19NO2.ClH/c13-11(14)10(9-5-1-2-6-9)12-7-3-4-8-12;/h9-10H,1-8H2,(H,13,14);1H. The topological polar surface area (TPSA) is 40.5 Å². The number of hydrogen-bond donors (Lipinski definition) is 1. The Morgan fingerprint density at radius 1 is 1.13 bits per heavy atom. The second-order valence-corrected chi connectivity index (χ2v) is 4.57. The lowest BCUT2D eigenvalue weighted by atomic mass is 9.97. The molecule has 0 aromatic rings. The fourth-order valence-corrected chi connectivity index (χ4v) is 2.95. The number of halogens is 1. The third kappa shape index (κ3) is 2.85. The molecule has 15 heavy (non-hydrogen) atoms. The lowest BCUT2D eigenvalue weighted by Gasteiger charge is -2.28. The summed E-state index contributed by atoms with van der Waals surface area (Å²) in [7, 11) is 0. The molecule has 1 atom stereocenters. The molecule has 1 heterocycles. The van der Waals surface area contributed by atoms with Crippen LogP contribution in [0.3, 0.4) is 0 Å². The van der Waals surface area contributed by atoms with E-state index in [1.54, 1.807) is 0 Å². The first-order valence-corrected chi connectivity index (χ1v) is 5.76. The second-order valence-electron chi connectivity index (χ2n) is 4.57. The van der Waals surface area contributed by atoms with Crippen LogP contribution < -0.4 is 0 Å². The maximum atomic E-state index is 11.2. The summed E-state index contributed by atoms with van der Waals surface area (Å²) in [6, 6.07) is -0.181. The summed E-state index contributed by atoms with van der Waals surface area (Å²) in [4.78, 5) is 13.4. The summed E-state index contributed by atoms with van der Waals surface area (Å²) in [5.41, 5.74) is 0. The maximum absolute atomic E-state index is 11.2. The normalized spacial score (nSPS) is 25.1. The van der Waals surface area contributed by atoms with Gasteiger partial charge in [-0.3, -0.25) is 9.69 Å². The van der Waals surface area contributed by atoms with Crippen molar-refractivity contribution in [1.82, 2.24) is 4.90 Å². The fourth-order valence-electron chi connectivity index (χ4n) is 2.95. The molecule has 0 radical (unpaired) electrons. The van der Waals surface area contributed by atoms with Gasteiger partial charge >= 0.3 is 5.97 Å². The molecule has 0 aromatic heterocycles. The lowest BCUT2D eigenvalue weighted by Crippen LogP contribution is -2.43. The van der Waals surface area contributed by atoms with Gasteiger partial charge in [0, 0.05) is 0 Å². The van der Waals surface area contributed by atoms with Crippen molar-refractivity contribution in [1.29, 1.82) is 0 Å². The van der Waals surface area contributed by atoms with Crippen molar-refractivity contribution in [3.05, 3.63) is 0 Å².